The quantitative estimate of drug-likeness (QED) is 0.763. The standard InChI is InChI=1S/C19H17N3O/c23-19(20-12-6-7-12)15-9-10-16-17-14(15)8-5-11-3-1-2-4-13(11)18(17)22-21-16/h1-4,9-10,12H,5-8H2,(H,20,23)(H,21,22). The SMILES string of the molecule is O=C(NC1CC1)c1ccc2[nH]nc3c2c1CCc1ccccc1-3. The Morgan fingerprint density at radius 3 is 2.87 bits per heavy atom. The Labute approximate surface area is 133 Å². The molecule has 0 radical (unpaired) electrons. The summed E-state index contributed by atoms with van der Waals surface area (Å²) in [6.07, 6.45) is 4.01. The van der Waals surface area contributed by atoms with E-state index in [0.29, 0.717) is 6.04 Å². The molecule has 4 nitrogen and oxygen atoms in total. The van der Waals surface area contributed by atoms with Gasteiger partial charge in [-0.15, -0.1) is 0 Å². The summed E-state index contributed by atoms with van der Waals surface area (Å²) in [6, 6.07) is 12.7. The van der Waals surface area contributed by atoms with Crippen molar-refractivity contribution in [1.82, 2.24) is 15.5 Å². The molecule has 114 valence electrons. The molecule has 0 spiro atoms. The molecule has 2 aliphatic rings. The van der Waals surface area contributed by atoms with Gasteiger partial charge < -0.3 is 5.32 Å². The van der Waals surface area contributed by atoms with Crippen LogP contribution in [0, 0.1) is 0 Å². The summed E-state index contributed by atoms with van der Waals surface area (Å²) in [5.41, 5.74) is 6.39. The number of aryl methyl sites for hydroxylation is 2. The largest absolute Gasteiger partial charge is 0.349 e. The summed E-state index contributed by atoms with van der Waals surface area (Å²) < 4.78 is 0. The maximum atomic E-state index is 12.6. The number of aromatic nitrogens is 2. The molecule has 0 aliphatic heterocycles. The summed E-state index contributed by atoms with van der Waals surface area (Å²) in [7, 11) is 0. The number of carbonyl (C=O) groups excluding carboxylic acids is 1. The Kier molecular flexibility index (Phi) is 2.62. The number of amides is 1. The second-order valence-corrected chi connectivity index (χ2v) is 6.49. The lowest BCUT2D eigenvalue weighted by Crippen LogP contribution is -2.26. The highest BCUT2D eigenvalue weighted by molar-refractivity contribution is 6.05. The Morgan fingerprint density at radius 2 is 2.00 bits per heavy atom. The van der Waals surface area contributed by atoms with E-state index in [1.807, 2.05) is 18.2 Å². The van der Waals surface area contributed by atoms with Crippen LogP contribution in [0.15, 0.2) is 36.4 Å². The van der Waals surface area contributed by atoms with Crippen LogP contribution in [0.3, 0.4) is 0 Å². The van der Waals surface area contributed by atoms with Crippen LogP contribution >= 0.6 is 0 Å². The van der Waals surface area contributed by atoms with Crippen molar-refractivity contribution in [3.05, 3.63) is 53.1 Å². The molecule has 1 saturated carbocycles. The van der Waals surface area contributed by atoms with Gasteiger partial charge in [0.25, 0.3) is 5.91 Å². The first-order valence-electron chi connectivity index (χ1n) is 8.20. The lowest BCUT2D eigenvalue weighted by Gasteiger charge is -2.10. The number of rotatable bonds is 2. The van der Waals surface area contributed by atoms with Crippen LogP contribution in [0.25, 0.3) is 22.2 Å². The molecule has 4 heteroatoms. The van der Waals surface area contributed by atoms with Gasteiger partial charge in [0, 0.05) is 22.6 Å². The number of benzene rings is 2. The number of hydrogen-bond donors (Lipinski definition) is 2. The predicted molar refractivity (Wildman–Crippen MR) is 89.4 cm³/mol. The van der Waals surface area contributed by atoms with Gasteiger partial charge in [0.1, 0.15) is 5.69 Å². The van der Waals surface area contributed by atoms with E-state index in [1.165, 1.54) is 11.1 Å². The minimum atomic E-state index is 0.0579. The monoisotopic (exact) mass is 303 g/mol. The minimum absolute atomic E-state index is 0.0579. The second-order valence-electron chi connectivity index (χ2n) is 6.49. The van der Waals surface area contributed by atoms with Crippen LogP contribution in [0.2, 0.25) is 0 Å². The van der Waals surface area contributed by atoms with Gasteiger partial charge >= 0.3 is 0 Å². The first kappa shape index (κ1) is 12.9. The van der Waals surface area contributed by atoms with E-state index in [0.717, 1.165) is 53.4 Å². The maximum absolute atomic E-state index is 12.6. The number of nitrogens with one attached hydrogen (secondary N) is 2. The first-order valence-corrected chi connectivity index (χ1v) is 8.20. The zero-order valence-electron chi connectivity index (χ0n) is 12.7. The van der Waals surface area contributed by atoms with Crippen molar-refractivity contribution in [2.75, 3.05) is 0 Å². The molecule has 1 aromatic heterocycles. The Balaban J connectivity index is 1.72. The van der Waals surface area contributed by atoms with Crippen molar-refractivity contribution in [2.45, 2.75) is 31.7 Å². The van der Waals surface area contributed by atoms with Crippen LogP contribution in [0.1, 0.15) is 34.3 Å². The molecule has 1 heterocycles. The van der Waals surface area contributed by atoms with E-state index >= 15 is 0 Å². The van der Waals surface area contributed by atoms with E-state index in [-0.39, 0.29) is 5.91 Å². The molecule has 1 fully saturated rings. The fourth-order valence-electron chi connectivity index (χ4n) is 3.57. The highest BCUT2D eigenvalue weighted by atomic mass is 16.1. The zero-order chi connectivity index (χ0) is 15.4. The van der Waals surface area contributed by atoms with Crippen LogP contribution in [-0.2, 0) is 12.8 Å². The Hall–Kier alpha value is -2.62. The van der Waals surface area contributed by atoms with Crippen molar-refractivity contribution in [3.63, 3.8) is 0 Å². The third kappa shape index (κ3) is 1.98. The van der Waals surface area contributed by atoms with Gasteiger partial charge in [0.05, 0.1) is 5.52 Å². The van der Waals surface area contributed by atoms with Crippen LogP contribution in [-0.4, -0.2) is 22.1 Å². The summed E-state index contributed by atoms with van der Waals surface area (Å²) in [5, 5.41) is 11.9. The van der Waals surface area contributed by atoms with Crippen molar-refractivity contribution in [1.29, 1.82) is 0 Å². The van der Waals surface area contributed by atoms with Crippen molar-refractivity contribution < 1.29 is 4.79 Å². The topological polar surface area (TPSA) is 57.8 Å². The molecule has 1 amide bonds. The van der Waals surface area contributed by atoms with Crippen molar-refractivity contribution in [3.8, 4) is 11.3 Å². The summed E-state index contributed by atoms with van der Waals surface area (Å²) in [6.45, 7) is 0. The van der Waals surface area contributed by atoms with Crippen LogP contribution in [0.5, 0.6) is 0 Å². The zero-order valence-corrected chi connectivity index (χ0v) is 12.7. The number of carbonyl (C=O) groups is 1. The van der Waals surface area contributed by atoms with Gasteiger partial charge in [0.2, 0.25) is 0 Å². The average molecular weight is 303 g/mol. The molecule has 0 atom stereocenters. The molecule has 5 rings (SSSR count). The van der Waals surface area contributed by atoms with Gasteiger partial charge in [-0.25, -0.2) is 0 Å². The third-order valence-corrected chi connectivity index (χ3v) is 4.91. The van der Waals surface area contributed by atoms with Gasteiger partial charge in [-0.3, -0.25) is 9.89 Å². The van der Waals surface area contributed by atoms with Gasteiger partial charge in [-0.2, -0.15) is 5.10 Å². The minimum Gasteiger partial charge on any atom is -0.349 e. The molecular weight excluding hydrogens is 286 g/mol. The van der Waals surface area contributed by atoms with E-state index in [9.17, 15) is 4.79 Å². The molecule has 23 heavy (non-hydrogen) atoms. The number of nitrogens with zero attached hydrogens (tertiary/aromatic N) is 1. The van der Waals surface area contributed by atoms with E-state index in [2.05, 4.69) is 33.7 Å². The molecule has 0 unspecified atom stereocenters. The Bertz CT molecular complexity index is 937. The highest BCUT2D eigenvalue weighted by Gasteiger charge is 2.27. The van der Waals surface area contributed by atoms with Gasteiger partial charge in [-0.05, 0) is 48.9 Å². The van der Waals surface area contributed by atoms with Crippen LogP contribution < -0.4 is 5.32 Å². The molecule has 3 aromatic rings. The fraction of sp³-hybridized carbons (Fsp3) is 0.263. The normalized spacial score (nSPS) is 16.0. The average Bonchev–Trinajstić information content (AvgIpc) is 3.31. The molecule has 2 N–H and O–H groups in total. The number of aromatic amines is 1. The van der Waals surface area contributed by atoms with Gasteiger partial charge in [-0.1, -0.05) is 24.3 Å². The maximum Gasteiger partial charge on any atom is 0.251 e. The fourth-order valence-corrected chi connectivity index (χ4v) is 3.57. The number of H-pyrrole nitrogens is 1. The lowest BCUT2D eigenvalue weighted by atomic mass is 9.98. The number of hydrogen-bond acceptors (Lipinski definition) is 2. The highest BCUT2D eigenvalue weighted by Crippen LogP contribution is 2.37. The smallest absolute Gasteiger partial charge is 0.251 e. The third-order valence-electron chi connectivity index (χ3n) is 4.91. The molecule has 2 aliphatic carbocycles. The van der Waals surface area contributed by atoms with Crippen LogP contribution in [0.4, 0.5) is 0 Å². The first-order chi connectivity index (χ1) is 11.3. The van der Waals surface area contributed by atoms with E-state index in [1.54, 1.807) is 0 Å². The molecular formula is C19H17N3O. The molecule has 0 saturated heterocycles. The van der Waals surface area contributed by atoms with Crippen molar-refractivity contribution in [2.24, 2.45) is 0 Å². The van der Waals surface area contributed by atoms with E-state index < -0.39 is 0 Å². The predicted octanol–water partition coefficient (Wildman–Crippen LogP) is 3.22. The van der Waals surface area contributed by atoms with E-state index in [4.69, 9.17) is 0 Å². The summed E-state index contributed by atoms with van der Waals surface area (Å²) in [5.74, 6) is 0.0579. The second kappa shape index (κ2) is 4.69. The number of fused-ring (bicyclic) bond motifs is 2. The lowest BCUT2D eigenvalue weighted by molar-refractivity contribution is 0.0950. The van der Waals surface area contributed by atoms with Gasteiger partial charge in [0.15, 0.2) is 0 Å². The van der Waals surface area contributed by atoms with Crippen molar-refractivity contribution >= 4 is 16.8 Å². The summed E-state index contributed by atoms with van der Waals surface area (Å²) in [4.78, 5) is 12.6. The Morgan fingerprint density at radius 1 is 1.13 bits per heavy atom. The molecule has 0 bridgehead atoms. The molecule has 2 aromatic carbocycles. The summed E-state index contributed by atoms with van der Waals surface area (Å²) >= 11 is 0.